The smallest absolute Gasteiger partial charge is 0.184 e. The Balaban J connectivity index is 1.67. The Morgan fingerprint density at radius 3 is 1.80 bits per heavy atom. The molecule has 2 aromatic rings. The fraction of sp³-hybridized carbons (Fsp3) is 0.400. The summed E-state index contributed by atoms with van der Waals surface area (Å²) in [6, 6.07) is 19.4. The maximum atomic E-state index is 10.5. The van der Waals surface area contributed by atoms with Gasteiger partial charge < -0.3 is 24.4 Å². The Hall–Kier alpha value is -1.76. The molecule has 0 bridgehead atoms. The highest BCUT2D eigenvalue weighted by molar-refractivity contribution is 5.14. The Kier molecular flexibility index (Phi) is 6.18. The van der Waals surface area contributed by atoms with Gasteiger partial charge in [-0.15, -0.1) is 0 Å². The predicted molar refractivity (Wildman–Crippen MR) is 92.6 cm³/mol. The van der Waals surface area contributed by atoms with Gasteiger partial charge in [0.2, 0.25) is 0 Å². The molecule has 134 valence electrons. The summed E-state index contributed by atoms with van der Waals surface area (Å²) < 4.78 is 17.1. The van der Waals surface area contributed by atoms with Crippen molar-refractivity contribution in [1.82, 2.24) is 0 Å². The summed E-state index contributed by atoms with van der Waals surface area (Å²) in [5.41, 5.74) is 1.97. The van der Waals surface area contributed by atoms with Gasteiger partial charge in [0, 0.05) is 0 Å². The topological polar surface area (TPSA) is 68.2 Å². The largest absolute Gasteiger partial charge is 0.388 e. The van der Waals surface area contributed by atoms with E-state index < -0.39 is 30.7 Å². The number of hydrogen-bond donors (Lipinski definition) is 2. The molecular formula is C20H24O5. The number of rotatable bonds is 6. The maximum Gasteiger partial charge on any atom is 0.184 e. The first-order valence-corrected chi connectivity index (χ1v) is 8.48. The van der Waals surface area contributed by atoms with Crippen molar-refractivity contribution in [2.45, 2.75) is 50.8 Å². The van der Waals surface area contributed by atoms with Crippen molar-refractivity contribution in [3.63, 3.8) is 0 Å². The van der Waals surface area contributed by atoms with Crippen LogP contribution in [0.1, 0.15) is 18.1 Å². The molecule has 1 heterocycles. The summed E-state index contributed by atoms with van der Waals surface area (Å²) >= 11 is 0. The van der Waals surface area contributed by atoms with Crippen molar-refractivity contribution in [1.29, 1.82) is 0 Å². The third kappa shape index (κ3) is 4.66. The minimum Gasteiger partial charge on any atom is -0.388 e. The Morgan fingerprint density at radius 2 is 1.28 bits per heavy atom. The monoisotopic (exact) mass is 344 g/mol. The van der Waals surface area contributed by atoms with E-state index in [0.29, 0.717) is 13.2 Å². The van der Waals surface area contributed by atoms with Crippen molar-refractivity contribution in [3.05, 3.63) is 71.8 Å². The molecule has 5 heteroatoms. The van der Waals surface area contributed by atoms with Gasteiger partial charge in [-0.2, -0.15) is 0 Å². The van der Waals surface area contributed by atoms with Crippen LogP contribution in [0.3, 0.4) is 0 Å². The second-order valence-corrected chi connectivity index (χ2v) is 6.24. The first kappa shape index (κ1) is 18.0. The molecule has 2 aromatic carbocycles. The fourth-order valence-corrected chi connectivity index (χ4v) is 2.91. The van der Waals surface area contributed by atoms with E-state index in [9.17, 15) is 10.2 Å². The van der Waals surface area contributed by atoms with Crippen LogP contribution in [0.25, 0.3) is 0 Å². The Labute approximate surface area is 147 Å². The molecule has 0 aliphatic carbocycles. The Morgan fingerprint density at radius 1 is 0.800 bits per heavy atom. The van der Waals surface area contributed by atoms with Crippen LogP contribution in [0.4, 0.5) is 0 Å². The zero-order valence-corrected chi connectivity index (χ0v) is 14.2. The number of ether oxygens (including phenoxy) is 3. The van der Waals surface area contributed by atoms with Crippen LogP contribution < -0.4 is 0 Å². The van der Waals surface area contributed by atoms with Gasteiger partial charge in [0.25, 0.3) is 0 Å². The van der Waals surface area contributed by atoms with Crippen molar-refractivity contribution in [2.75, 3.05) is 0 Å². The molecule has 0 aromatic heterocycles. The number of aliphatic hydroxyl groups is 2. The van der Waals surface area contributed by atoms with Gasteiger partial charge in [-0.05, 0) is 18.1 Å². The normalized spacial score (nSPS) is 29.5. The van der Waals surface area contributed by atoms with Gasteiger partial charge in [0.05, 0.1) is 19.3 Å². The first-order chi connectivity index (χ1) is 12.1. The van der Waals surface area contributed by atoms with E-state index in [1.165, 1.54) is 0 Å². The molecule has 5 atom stereocenters. The lowest BCUT2D eigenvalue weighted by molar-refractivity contribution is -0.300. The van der Waals surface area contributed by atoms with E-state index in [2.05, 4.69) is 0 Å². The standard InChI is InChI=1S/C20H24O5/c1-14-17(21)18(23-12-15-8-4-2-5-9-15)19(20(22)25-14)24-13-16-10-6-3-7-11-16/h2-11,14,17-22H,12-13H2,1H3/t14-,17-,18+,19-,20+/m0/s1. The molecule has 1 saturated heterocycles. The number of benzene rings is 2. The summed E-state index contributed by atoms with van der Waals surface area (Å²) in [4.78, 5) is 0. The molecule has 1 aliphatic heterocycles. The minimum absolute atomic E-state index is 0.304. The summed E-state index contributed by atoms with van der Waals surface area (Å²) in [6.07, 6.45) is -4.01. The molecular weight excluding hydrogens is 320 g/mol. The highest BCUT2D eigenvalue weighted by Crippen LogP contribution is 2.26. The van der Waals surface area contributed by atoms with Gasteiger partial charge in [0.15, 0.2) is 6.29 Å². The molecule has 0 amide bonds. The van der Waals surface area contributed by atoms with Crippen LogP contribution in [0.5, 0.6) is 0 Å². The van der Waals surface area contributed by atoms with Crippen molar-refractivity contribution >= 4 is 0 Å². The van der Waals surface area contributed by atoms with E-state index in [1.54, 1.807) is 6.92 Å². The molecule has 2 N–H and O–H groups in total. The van der Waals surface area contributed by atoms with Crippen LogP contribution in [0, 0.1) is 0 Å². The summed E-state index contributed by atoms with van der Waals surface area (Å²) in [7, 11) is 0. The highest BCUT2D eigenvalue weighted by Gasteiger charge is 2.44. The van der Waals surface area contributed by atoms with Gasteiger partial charge in [-0.3, -0.25) is 0 Å². The van der Waals surface area contributed by atoms with E-state index in [-0.39, 0.29) is 0 Å². The van der Waals surface area contributed by atoms with Crippen LogP contribution in [0.15, 0.2) is 60.7 Å². The third-order valence-electron chi connectivity index (χ3n) is 4.35. The lowest BCUT2D eigenvalue weighted by atomic mass is 9.99. The summed E-state index contributed by atoms with van der Waals surface area (Å²) in [6.45, 7) is 2.34. The van der Waals surface area contributed by atoms with Crippen molar-refractivity contribution in [2.24, 2.45) is 0 Å². The molecule has 3 rings (SSSR count). The van der Waals surface area contributed by atoms with Gasteiger partial charge >= 0.3 is 0 Å². The van der Waals surface area contributed by atoms with Crippen LogP contribution in [0.2, 0.25) is 0 Å². The quantitative estimate of drug-likeness (QED) is 0.841. The Bertz CT molecular complexity index is 633. The molecule has 0 unspecified atom stereocenters. The number of aliphatic hydroxyl groups excluding tert-OH is 2. The SMILES string of the molecule is C[C@@H]1O[C@@H](O)[C@@H](OCc2ccccc2)[C@H](OCc2ccccc2)[C@H]1O. The van der Waals surface area contributed by atoms with Crippen molar-refractivity contribution < 1.29 is 24.4 Å². The third-order valence-corrected chi connectivity index (χ3v) is 4.35. The summed E-state index contributed by atoms with van der Waals surface area (Å²) in [5, 5.41) is 20.7. The molecule has 5 nitrogen and oxygen atoms in total. The van der Waals surface area contributed by atoms with E-state index in [1.807, 2.05) is 60.7 Å². The van der Waals surface area contributed by atoms with E-state index >= 15 is 0 Å². The first-order valence-electron chi connectivity index (χ1n) is 8.48. The maximum absolute atomic E-state index is 10.5. The molecule has 0 spiro atoms. The van der Waals surface area contributed by atoms with Crippen LogP contribution >= 0.6 is 0 Å². The van der Waals surface area contributed by atoms with Gasteiger partial charge in [0.1, 0.15) is 18.3 Å². The van der Waals surface area contributed by atoms with Crippen molar-refractivity contribution in [3.8, 4) is 0 Å². The lowest BCUT2D eigenvalue weighted by Crippen LogP contribution is -2.58. The highest BCUT2D eigenvalue weighted by atomic mass is 16.7. The predicted octanol–water partition coefficient (Wildman–Crippen LogP) is 2.26. The van der Waals surface area contributed by atoms with Gasteiger partial charge in [-0.1, -0.05) is 60.7 Å². The minimum atomic E-state index is -1.15. The molecule has 0 saturated carbocycles. The average molecular weight is 344 g/mol. The van der Waals surface area contributed by atoms with E-state index in [4.69, 9.17) is 14.2 Å². The average Bonchev–Trinajstić information content (AvgIpc) is 2.64. The molecule has 1 aliphatic rings. The molecule has 0 radical (unpaired) electrons. The number of hydrogen-bond acceptors (Lipinski definition) is 5. The summed E-state index contributed by atoms with van der Waals surface area (Å²) in [5.74, 6) is 0. The lowest BCUT2D eigenvalue weighted by Gasteiger charge is -2.41. The van der Waals surface area contributed by atoms with Crippen LogP contribution in [-0.4, -0.2) is 40.9 Å². The van der Waals surface area contributed by atoms with Crippen LogP contribution in [-0.2, 0) is 27.4 Å². The molecule has 25 heavy (non-hydrogen) atoms. The zero-order chi connectivity index (χ0) is 17.6. The van der Waals surface area contributed by atoms with Gasteiger partial charge in [-0.25, -0.2) is 0 Å². The second kappa shape index (κ2) is 8.56. The zero-order valence-electron chi connectivity index (χ0n) is 14.2. The second-order valence-electron chi connectivity index (χ2n) is 6.24. The fourth-order valence-electron chi connectivity index (χ4n) is 2.91. The van der Waals surface area contributed by atoms with E-state index in [0.717, 1.165) is 11.1 Å². The molecule has 1 fully saturated rings.